The van der Waals surface area contributed by atoms with Crippen LogP contribution < -0.4 is 5.32 Å². The van der Waals surface area contributed by atoms with Crippen LogP contribution in [-0.2, 0) is 18.4 Å². The molecular weight excluding hydrogens is 352 g/mol. The van der Waals surface area contributed by atoms with E-state index in [1.807, 2.05) is 45.2 Å². The lowest BCUT2D eigenvalue weighted by molar-refractivity contribution is 0.185. The van der Waals surface area contributed by atoms with Crippen molar-refractivity contribution in [2.45, 2.75) is 20.5 Å². The Labute approximate surface area is 157 Å². The van der Waals surface area contributed by atoms with Gasteiger partial charge in [0.1, 0.15) is 0 Å². The summed E-state index contributed by atoms with van der Waals surface area (Å²) < 4.78 is 6.87. The van der Waals surface area contributed by atoms with Crippen molar-refractivity contribution >= 4 is 22.6 Å². The molecule has 0 fully saturated rings. The highest BCUT2D eigenvalue weighted by Crippen LogP contribution is 2.26. The maximum Gasteiger partial charge on any atom is 0.225 e. The van der Waals surface area contributed by atoms with E-state index < -0.39 is 0 Å². The molecule has 0 unspecified atom stereocenters. The first-order chi connectivity index (χ1) is 12.5. The second kappa shape index (κ2) is 7.72. The lowest BCUT2D eigenvalue weighted by Gasteiger charge is -2.07. The van der Waals surface area contributed by atoms with Crippen LogP contribution in [0.3, 0.4) is 0 Å². The maximum absolute atomic E-state index is 6.47. The topological polar surface area (TPSA) is 80.6 Å². The summed E-state index contributed by atoms with van der Waals surface area (Å²) in [6, 6.07) is 7.97. The van der Waals surface area contributed by atoms with Crippen molar-refractivity contribution in [3.63, 3.8) is 0 Å². The molecular formula is C18H21ClN6O. The average Bonchev–Trinajstić information content (AvgIpc) is 3.21. The van der Waals surface area contributed by atoms with Crippen molar-refractivity contribution in [2.24, 2.45) is 7.05 Å². The molecule has 0 spiro atoms. The fourth-order valence-corrected chi connectivity index (χ4v) is 2.82. The molecule has 0 saturated carbocycles. The number of H-pyrrole nitrogens is 1. The molecule has 0 aliphatic carbocycles. The van der Waals surface area contributed by atoms with E-state index in [1.54, 1.807) is 18.0 Å². The first-order valence-corrected chi connectivity index (χ1v) is 8.50. The molecule has 0 radical (unpaired) electrons. The van der Waals surface area contributed by atoms with Crippen LogP contribution in [0.25, 0.3) is 16.4 Å². The van der Waals surface area contributed by atoms with Crippen LogP contribution in [0.15, 0.2) is 36.2 Å². The van der Waals surface area contributed by atoms with Gasteiger partial charge < -0.3 is 10.1 Å². The van der Waals surface area contributed by atoms with Gasteiger partial charge in [-0.2, -0.15) is 10.1 Å². The number of ether oxygens (including phenoxy) is 1. The molecule has 0 aliphatic heterocycles. The van der Waals surface area contributed by atoms with E-state index in [-0.39, 0.29) is 0 Å². The van der Waals surface area contributed by atoms with Crippen LogP contribution in [0, 0.1) is 6.92 Å². The molecule has 0 saturated heterocycles. The number of aromatic nitrogens is 5. The number of hydrogen-bond acceptors (Lipinski definition) is 5. The first-order valence-electron chi connectivity index (χ1n) is 8.12. The lowest BCUT2D eigenvalue weighted by Crippen LogP contribution is -2.04. The average molecular weight is 373 g/mol. The van der Waals surface area contributed by atoms with Crippen LogP contribution in [0.5, 0.6) is 0 Å². The predicted octanol–water partition coefficient (Wildman–Crippen LogP) is 3.70. The quantitative estimate of drug-likeness (QED) is 0.689. The third-order valence-corrected chi connectivity index (χ3v) is 4.44. The van der Waals surface area contributed by atoms with E-state index in [4.69, 9.17) is 16.3 Å². The van der Waals surface area contributed by atoms with E-state index in [2.05, 4.69) is 25.6 Å². The smallest absolute Gasteiger partial charge is 0.225 e. The van der Waals surface area contributed by atoms with Crippen LogP contribution in [0.4, 0.5) is 5.95 Å². The molecule has 0 aliphatic rings. The van der Waals surface area contributed by atoms with Gasteiger partial charge in [0.05, 0.1) is 17.8 Å². The minimum Gasteiger partial charge on any atom is -0.380 e. The zero-order valence-corrected chi connectivity index (χ0v) is 15.9. The van der Waals surface area contributed by atoms with Crippen molar-refractivity contribution in [3.8, 4) is 11.4 Å². The monoisotopic (exact) mass is 372 g/mol. The number of benzene rings is 1. The van der Waals surface area contributed by atoms with Gasteiger partial charge in [-0.1, -0.05) is 29.8 Å². The summed E-state index contributed by atoms with van der Waals surface area (Å²) in [6.45, 7) is 4.36. The van der Waals surface area contributed by atoms with Crippen LogP contribution >= 0.6 is 11.6 Å². The Morgan fingerprint density at radius 1 is 1.38 bits per heavy atom. The number of nitrogens with zero attached hydrogens (tertiary/aromatic N) is 4. The summed E-state index contributed by atoms with van der Waals surface area (Å²) in [5, 5.41) is 15.2. The molecule has 2 N–H and O–H groups in total. The van der Waals surface area contributed by atoms with Crippen molar-refractivity contribution in [3.05, 3.63) is 53.0 Å². The fraction of sp³-hybridized carbons (Fsp3) is 0.278. The minimum absolute atomic E-state index is 0.549. The largest absolute Gasteiger partial charge is 0.380 e. The highest BCUT2D eigenvalue weighted by molar-refractivity contribution is 6.49. The van der Waals surface area contributed by atoms with Gasteiger partial charge in [-0.3, -0.25) is 5.10 Å². The zero-order chi connectivity index (χ0) is 18.7. The number of hydrogen-bond donors (Lipinski definition) is 2. The molecule has 1 aromatic carbocycles. The Bertz CT molecular complexity index is 943. The van der Waals surface area contributed by atoms with E-state index in [0.717, 1.165) is 28.1 Å². The lowest BCUT2D eigenvalue weighted by atomic mass is 10.1. The third kappa shape index (κ3) is 3.79. The van der Waals surface area contributed by atoms with Crippen LogP contribution in [0.1, 0.15) is 23.7 Å². The molecule has 136 valence electrons. The first kappa shape index (κ1) is 18.2. The van der Waals surface area contributed by atoms with Gasteiger partial charge in [0.2, 0.25) is 5.95 Å². The molecule has 0 amide bonds. The molecule has 2 heterocycles. The molecule has 2 aromatic heterocycles. The Hall–Kier alpha value is -2.64. The standard InChI is InChI=1S/C18H21ClN6O/c1-11-15(9-20-23-11)16(19)12(2)21-18-22-17(24-25(18)3)14-7-5-6-13(8-14)10-26-4/h5-9H,10H2,1-4H3,(H,20,23)(H,21,22,24)/b16-12-. The minimum atomic E-state index is 0.549. The van der Waals surface area contributed by atoms with Gasteiger partial charge in [0, 0.05) is 36.7 Å². The Balaban J connectivity index is 1.87. The van der Waals surface area contributed by atoms with Crippen molar-refractivity contribution in [2.75, 3.05) is 12.4 Å². The van der Waals surface area contributed by atoms with E-state index in [0.29, 0.717) is 23.4 Å². The maximum atomic E-state index is 6.47. The second-order valence-corrected chi connectivity index (χ2v) is 6.37. The number of rotatable bonds is 6. The number of anilines is 1. The van der Waals surface area contributed by atoms with Gasteiger partial charge in [-0.25, -0.2) is 4.68 Å². The highest BCUT2D eigenvalue weighted by atomic mass is 35.5. The van der Waals surface area contributed by atoms with Crippen molar-refractivity contribution in [1.29, 1.82) is 0 Å². The number of aromatic amines is 1. The SMILES string of the molecule is COCc1cccc(-c2nc(N/C(C)=C(\Cl)c3cn[nH]c3C)n(C)n2)c1. The molecule has 3 aromatic rings. The summed E-state index contributed by atoms with van der Waals surface area (Å²) in [7, 11) is 3.51. The summed E-state index contributed by atoms with van der Waals surface area (Å²) in [5.41, 5.74) is 4.53. The van der Waals surface area contributed by atoms with Gasteiger partial charge in [0.15, 0.2) is 5.82 Å². The van der Waals surface area contributed by atoms with Gasteiger partial charge in [0.25, 0.3) is 0 Å². The fourth-order valence-electron chi connectivity index (χ4n) is 2.58. The molecule has 26 heavy (non-hydrogen) atoms. The molecule has 3 rings (SSSR count). The van der Waals surface area contributed by atoms with Crippen LogP contribution in [-0.4, -0.2) is 32.1 Å². The van der Waals surface area contributed by atoms with Crippen molar-refractivity contribution in [1.82, 2.24) is 25.0 Å². The number of allylic oxidation sites excluding steroid dienone is 1. The third-order valence-electron chi connectivity index (χ3n) is 3.95. The Morgan fingerprint density at radius 2 is 2.19 bits per heavy atom. The molecule has 0 bridgehead atoms. The Morgan fingerprint density at radius 3 is 2.88 bits per heavy atom. The number of nitrogens with one attached hydrogen (secondary N) is 2. The molecule has 7 nitrogen and oxygen atoms in total. The summed E-state index contributed by atoms with van der Waals surface area (Å²) in [5.74, 6) is 1.24. The zero-order valence-electron chi connectivity index (χ0n) is 15.2. The number of methoxy groups -OCH3 is 1. The highest BCUT2D eigenvalue weighted by Gasteiger charge is 2.13. The van der Waals surface area contributed by atoms with E-state index in [9.17, 15) is 0 Å². The number of aryl methyl sites for hydroxylation is 2. The van der Waals surface area contributed by atoms with Gasteiger partial charge in [-0.15, -0.1) is 5.10 Å². The summed E-state index contributed by atoms with van der Waals surface area (Å²) in [6.07, 6.45) is 1.70. The van der Waals surface area contributed by atoms with E-state index in [1.165, 1.54) is 0 Å². The molecule has 8 heteroatoms. The van der Waals surface area contributed by atoms with Gasteiger partial charge in [-0.05, 0) is 25.5 Å². The second-order valence-electron chi connectivity index (χ2n) is 5.99. The predicted molar refractivity (Wildman–Crippen MR) is 103 cm³/mol. The van der Waals surface area contributed by atoms with Crippen molar-refractivity contribution < 1.29 is 4.74 Å². The summed E-state index contributed by atoms with van der Waals surface area (Å²) in [4.78, 5) is 4.59. The normalized spacial score (nSPS) is 12.2. The Kier molecular flexibility index (Phi) is 5.39. The summed E-state index contributed by atoms with van der Waals surface area (Å²) >= 11 is 6.47. The van der Waals surface area contributed by atoms with Gasteiger partial charge >= 0.3 is 0 Å². The van der Waals surface area contributed by atoms with Crippen LogP contribution in [0.2, 0.25) is 0 Å². The molecule has 0 atom stereocenters. The van der Waals surface area contributed by atoms with E-state index >= 15 is 0 Å². The number of halogens is 1.